The maximum absolute atomic E-state index is 5.79. The number of nitrogens with zero attached hydrogens (tertiary/aromatic N) is 3. The summed E-state index contributed by atoms with van der Waals surface area (Å²) < 4.78 is 5.79. The maximum Gasteiger partial charge on any atom is 0.258 e. The molecule has 0 amide bonds. The molecule has 31 heavy (non-hydrogen) atoms. The highest BCUT2D eigenvalue weighted by Gasteiger charge is 2.34. The summed E-state index contributed by atoms with van der Waals surface area (Å²) in [7, 11) is 0. The van der Waals surface area contributed by atoms with Gasteiger partial charge in [0, 0.05) is 17.8 Å². The molecule has 0 saturated carbocycles. The fourth-order valence-corrected chi connectivity index (χ4v) is 4.22. The average Bonchev–Trinajstić information content (AvgIpc) is 3.25. The van der Waals surface area contributed by atoms with Gasteiger partial charge in [-0.25, -0.2) is 0 Å². The minimum absolute atomic E-state index is 0.145. The van der Waals surface area contributed by atoms with Gasteiger partial charge in [-0.1, -0.05) is 67.0 Å². The maximum atomic E-state index is 5.79. The summed E-state index contributed by atoms with van der Waals surface area (Å²) in [6.45, 7) is 9.39. The van der Waals surface area contributed by atoms with Crippen molar-refractivity contribution in [1.82, 2.24) is 20.4 Å². The van der Waals surface area contributed by atoms with Crippen LogP contribution >= 0.6 is 12.2 Å². The summed E-state index contributed by atoms with van der Waals surface area (Å²) in [5.41, 5.74) is 6.60. The topological polar surface area (TPSA) is 54.2 Å². The molecule has 0 aliphatic carbocycles. The molecule has 1 unspecified atom stereocenters. The Morgan fingerprint density at radius 3 is 2.55 bits per heavy atom. The molecule has 5 nitrogen and oxygen atoms in total. The van der Waals surface area contributed by atoms with Crippen molar-refractivity contribution in [1.29, 1.82) is 0 Å². The number of nitrogens with one attached hydrogen (secondary N) is 1. The Morgan fingerprint density at radius 1 is 1.06 bits per heavy atom. The summed E-state index contributed by atoms with van der Waals surface area (Å²) >= 11 is 5.75. The van der Waals surface area contributed by atoms with Crippen molar-refractivity contribution in [3.05, 3.63) is 76.8 Å². The van der Waals surface area contributed by atoms with Crippen molar-refractivity contribution < 1.29 is 4.52 Å². The van der Waals surface area contributed by atoms with Crippen molar-refractivity contribution >= 4 is 22.9 Å². The summed E-state index contributed by atoms with van der Waals surface area (Å²) in [6.07, 6.45) is 2.15. The molecule has 0 bridgehead atoms. The van der Waals surface area contributed by atoms with E-state index >= 15 is 0 Å². The number of aromatic nitrogens is 2. The lowest BCUT2D eigenvalue weighted by Gasteiger charge is -2.37. The van der Waals surface area contributed by atoms with Crippen molar-refractivity contribution in [3.8, 4) is 11.4 Å². The van der Waals surface area contributed by atoms with Gasteiger partial charge in [0.05, 0.1) is 11.6 Å². The first-order valence-electron chi connectivity index (χ1n) is 10.7. The summed E-state index contributed by atoms with van der Waals surface area (Å²) in [5.74, 6) is 1.11. The van der Waals surface area contributed by atoms with Crippen LogP contribution in [-0.4, -0.2) is 26.7 Å². The molecule has 1 aliphatic rings. The largest absolute Gasteiger partial charge is 0.351 e. The first-order chi connectivity index (χ1) is 15.0. The number of hydrogen-bond donors (Lipinski definition) is 1. The van der Waals surface area contributed by atoms with E-state index < -0.39 is 0 Å². The zero-order chi connectivity index (χ0) is 22.0. The van der Waals surface area contributed by atoms with E-state index in [4.69, 9.17) is 21.7 Å². The quantitative estimate of drug-likeness (QED) is 0.496. The summed E-state index contributed by atoms with van der Waals surface area (Å²) in [5, 5.41) is 8.54. The van der Waals surface area contributed by atoms with Gasteiger partial charge in [-0.2, -0.15) is 4.98 Å². The number of rotatable bonds is 6. The zero-order valence-corrected chi connectivity index (χ0v) is 19.3. The normalized spacial score (nSPS) is 16.6. The van der Waals surface area contributed by atoms with E-state index in [0.29, 0.717) is 11.7 Å². The molecule has 6 heteroatoms. The van der Waals surface area contributed by atoms with Gasteiger partial charge in [-0.05, 0) is 56.1 Å². The Balaban J connectivity index is 1.81. The molecule has 2 aromatic carbocycles. The van der Waals surface area contributed by atoms with Gasteiger partial charge in [-0.3, -0.25) is 0 Å². The molecule has 0 radical (unpaired) electrons. The minimum Gasteiger partial charge on any atom is -0.351 e. The Bertz CT molecular complexity index is 1120. The first kappa shape index (κ1) is 21.2. The van der Waals surface area contributed by atoms with Crippen LogP contribution in [0, 0.1) is 13.8 Å². The van der Waals surface area contributed by atoms with Crippen LogP contribution in [0.15, 0.2) is 58.8 Å². The highest BCUT2D eigenvalue weighted by molar-refractivity contribution is 7.80. The van der Waals surface area contributed by atoms with E-state index in [9.17, 15) is 0 Å². The molecule has 0 spiro atoms. The average molecular weight is 433 g/mol. The third-order valence-corrected chi connectivity index (χ3v) is 6.22. The van der Waals surface area contributed by atoms with E-state index in [1.54, 1.807) is 0 Å². The van der Waals surface area contributed by atoms with E-state index in [-0.39, 0.29) is 6.04 Å². The van der Waals surface area contributed by atoms with Crippen LogP contribution in [0.1, 0.15) is 55.3 Å². The van der Waals surface area contributed by atoms with Crippen molar-refractivity contribution in [2.75, 3.05) is 6.54 Å². The fraction of sp³-hybridized carbons (Fsp3) is 0.320. The molecule has 1 atom stereocenters. The Kier molecular flexibility index (Phi) is 6.18. The van der Waals surface area contributed by atoms with Gasteiger partial charge in [-0.15, -0.1) is 0 Å². The molecule has 160 valence electrons. The van der Waals surface area contributed by atoms with Crippen molar-refractivity contribution in [3.63, 3.8) is 0 Å². The van der Waals surface area contributed by atoms with E-state index in [1.807, 2.05) is 30.3 Å². The van der Waals surface area contributed by atoms with Gasteiger partial charge in [0.1, 0.15) is 0 Å². The molecular formula is C25H28N4OS. The predicted octanol–water partition coefficient (Wildman–Crippen LogP) is 5.82. The number of aryl methyl sites for hydroxylation is 2. The molecular weight excluding hydrogens is 404 g/mol. The monoisotopic (exact) mass is 432 g/mol. The Morgan fingerprint density at radius 2 is 1.84 bits per heavy atom. The standard InChI is InChI=1S/C25H28N4OS/c1-5-6-14-29-18(4)21(24-27-23(28-30-24)19-10-8-7-9-11-19)22(26-25(29)31)20-13-12-16(2)17(3)15-20/h7-13,15,22H,5-6,14H2,1-4H3,(H,26,31). The smallest absolute Gasteiger partial charge is 0.258 e. The number of hydrogen-bond acceptors (Lipinski definition) is 4. The molecule has 4 rings (SSSR count). The second-order valence-electron chi connectivity index (χ2n) is 8.02. The van der Waals surface area contributed by atoms with Gasteiger partial charge < -0.3 is 14.7 Å². The van der Waals surface area contributed by atoms with Crippen LogP contribution in [0.25, 0.3) is 17.0 Å². The van der Waals surface area contributed by atoms with E-state index in [2.05, 4.69) is 61.3 Å². The van der Waals surface area contributed by atoms with Crippen molar-refractivity contribution in [2.24, 2.45) is 0 Å². The molecule has 1 aliphatic heterocycles. The number of thiocarbonyl (C=S) groups is 1. The third kappa shape index (κ3) is 4.26. The lowest BCUT2D eigenvalue weighted by atomic mass is 9.92. The van der Waals surface area contributed by atoms with Gasteiger partial charge in [0.2, 0.25) is 5.82 Å². The second kappa shape index (κ2) is 9.02. The third-order valence-electron chi connectivity index (χ3n) is 5.88. The van der Waals surface area contributed by atoms with Crippen LogP contribution in [0.4, 0.5) is 0 Å². The molecule has 1 N–H and O–H groups in total. The lowest BCUT2D eigenvalue weighted by Crippen LogP contribution is -2.46. The SMILES string of the molecule is CCCCN1C(=S)NC(c2ccc(C)c(C)c2)C(c2nc(-c3ccccc3)no2)=C1C. The fourth-order valence-electron chi connectivity index (χ4n) is 3.88. The zero-order valence-electron chi connectivity index (χ0n) is 18.5. The first-order valence-corrected chi connectivity index (χ1v) is 11.2. The van der Waals surface area contributed by atoms with Crippen LogP contribution < -0.4 is 5.32 Å². The van der Waals surface area contributed by atoms with Gasteiger partial charge >= 0.3 is 0 Å². The van der Waals surface area contributed by atoms with Gasteiger partial charge in [0.25, 0.3) is 5.89 Å². The van der Waals surface area contributed by atoms with E-state index in [1.165, 1.54) is 11.1 Å². The Labute approximate surface area is 189 Å². The summed E-state index contributed by atoms with van der Waals surface area (Å²) in [4.78, 5) is 6.92. The lowest BCUT2D eigenvalue weighted by molar-refractivity contribution is 0.395. The molecule has 3 aromatic rings. The number of benzene rings is 2. The second-order valence-corrected chi connectivity index (χ2v) is 8.41. The molecule has 0 saturated heterocycles. The van der Waals surface area contributed by atoms with Gasteiger partial charge in [0.15, 0.2) is 5.11 Å². The molecule has 1 aromatic heterocycles. The number of unbranched alkanes of at least 4 members (excludes halogenated alkanes) is 1. The Hall–Kier alpha value is -2.99. The highest BCUT2D eigenvalue weighted by atomic mass is 32.1. The minimum atomic E-state index is -0.145. The molecule has 0 fully saturated rings. The highest BCUT2D eigenvalue weighted by Crippen LogP contribution is 2.38. The predicted molar refractivity (Wildman–Crippen MR) is 128 cm³/mol. The van der Waals surface area contributed by atoms with E-state index in [0.717, 1.165) is 46.9 Å². The summed E-state index contributed by atoms with van der Waals surface area (Å²) in [6, 6.07) is 16.2. The van der Waals surface area contributed by atoms with Crippen LogP contribution in [0.2, 0.25) is 0 Å². The van der Waals surface area contributed by atoms with Crippen LogP contribution in [-0.2, 0) is 0 Å². The van der Waals surface area contributed by atoms with Crippen LogP contribution in [0.3, 0.4) is 0 Å². The number of allylic oxidation sites excluding steroid dienone is 1. The molecule has 2 heterocycles. The van der Waals surface area contributed by atoms with Crippen molar-refractivity contribution in [2.45, 2.75) is 46.6 Å². The van der Waals surface area contributed by atoms with Crippen LogP contribution in [0.5, 0.6) is 0 Å².